The van der Waals surface area contributed by atoms with E-state index < -0.39 is 12.5 Å². The van der Waals surface area contributed by atoms with E-state index in [1.807, 2.05) is 24.3 Å². The Hall–Kier alpha value is -1.28. The number of amides is 1. The van der Waals surface area contributed by atoms with Crippen molar-refractivity contribution in [3.63, 3.8) is 0 Å². The van der Waals surface area contributed by atoms with Crippen molar-refractivity contribution in [1.29, 1.82) is 0 Å². The van der Waals surface area contributed by atoms with Crippen LogP contribution in [0.25, 0.3) is 6.08 Å². The molecule has 0 atom stereocenters. The molecule has 0 unspecified atom stereocenters. The van der Waals surface area contributed by atoms with Crippen LogP contribution < -0.4 is 4.90 Å². The maximum Gasteiger partial charge on any atom is 0.323 e. The van der Waals surface area contributed by atoms with E-state index in [1.165, 1.54) is 0 Å². The molecule has 25 heavy (non-hydrogen) atoms. The molecule has 0 radical (unpaired) electrons. The number of carboxylic acid groups (broad SMARTS) is 1. The third-order valence-electron chi connectivity index (χ3n) is 3.43. The van der Waals surface area contributed by atoms with Crippen molar-refractivity contribution in [3.8, 4) is 0 Å². The van der Waals surface area contributed by atoms with E-state index >= 15 is 0 Å². The van der Waals surface area contributed by atoms with Crippen molar-refractivity contribution >= 4 is 75.1 Å². The van der Waals surface area contributed by atoms with Crippen LogP contribution in [0.15, 0.2) is 29.2 Å². The third-order valence-corrected chi connectivity index (χ3v) is 5.15. The first-order valence-corrected chi connectivity index (χ1v) is 9.69. The Morgan fingerprint density at radius 3 is 2.36 bits per heavy atom. The van der Waals surface area contributed by atoms with Crippen LogP contribution in [-0.4, -0.2) is 57.6 Å². The third kappa shape index (κ3) is 5.34. The molecule has 1 aliphatic heterocycles. The Kier molecular flexibility index (Phi) is 7.56. The van der Waals surface area contributed by atoms with Crippen molar-refractivity contribution in [3.05, 3.63) is 34.7 Å². The monoisotopic (exact) mass is 418 g/mol. The highest BCUT2D eigenvalue weighted by molar-refractivity contribution is 8.26. The average Bonchev–Trinajstić information content (AvgIpc) is 2.82. The van der Waals surface area contributed by atoms with Crippen molar-refractivity contribution < 1.29 is 14.7 Å². The van der Waals surface area contributed by atoms with Gasteiger partial charge in [0.25, 0.3) is 5.91 Å². The number of carbonyl (C=O) groups excluding carboxylic acids is 1. The number of hydrogen-bond acceptors (Lipinski definition) is 5. The summed E-state index contributed by atoms with van der Waals surface area (Å²) in [6.07, 6.45) is 1.71. The van der Waals surface area contributed by atoms with E-state index in [2.05, 4.69) is 4.90 Å². The normalized spacial score (nSPS) is 15.9. The Morgan fingerprint density at radius 2 is 1.84 bits per heavy atom. The molecule has 1 fully saturated rings. The van der Waals surface area contributed by atoms with Crippen LogP contribution in [0.2, 0.25) is 0 Å². The summed E-state index contributed by atoms with van der Waals surface area (Å²) in [4.78, 5) is 26.6. The number of carboxylic acids is 1. The van der Waals surface area contributed by atoms with Gasteiger partial charge < -0.3 is 10.0 Å². The fraction of sp³-hybridized carbons (Fsp3) is 0.312. The second-order valence-corrected chi connectivity index (χ2v) is 7.55. The molecule has 2 rings (SSSR count). The number of benzene rings is 1. The van der Waals surface area contributed by atoms with E-state index in [0.29, 0.717) is 29.8 Å². The van der Waals surface area contributed by atoms with Gasteiger partial charge in [0.05, 0.1) is 4.91 Å². The van der Waals surface area contributed by atoms with Crippen molar-refractivity contribution in [2.24, 2.45) is 0 Å². The largest absolute Gasteiger partial charge is 0.480 e. The van der Waals surface area contributed by atoms with Crippen LogP contribution in [0.4, 0.5) is 5.69 Å². The van der Waals surface area contributed by atoms with Crippen molar-refractivity contribution in [1.82, 2.24) is 4.90 Å². The summed E-state index contributed by atoms with van der Waals surface area (Å²) in [6, 6.07) is 7.63. The highest BCUT2D eigenvalue weighted by Crippen LogP contribution is 2.32. The Morgan fingerprint density at radius 1 is 1.24 bits per heavy atom. The van der Waals surface area contributed by atoms with Crippen LogP contribution in [0.5, 0.6) is 0 Å². The van der Waals surface area contributed by atoms with E-state index in [-0.39, 0.29) is 10.2 Å². The first kappa shape index (κ1) is 20.0. The van der Waals surface area contributed by atoms with E-state index in [1.54, 1.807) is 6.08 Å². The fourth-order valence-corrected chi connectivity index (χ4v) is 3.94. The van der Waals surface area contributed by atoms with Crippen LogP contribution in [-0.2, 0) is 9.59 Å². The minimum atomic E-state index is -1.10. The maximum atomic E-state index is 12.2. The minimum Gasteiger partial charge on any atom is -0.480 e. The van der Waals surface area contributed by atoms with Gasteiger partial charge in [-0.1, -0.05) is 36.1 Å². The number of thiocarbonyl (C=S) groups is 1. The smallest absolute Gasteiger partial charge is 0.323 e. The number of aliphatic carboxylic acids is 1. The number of rotatable bonds is 8. The molecule has 134 valence electrons. The molecular formula is C16H16Cl2N2O3S2. The predicted octanol–water partition coefficient (Wildman–Crippen LogP) is 3.26. The highest BCUT2D eigenvalue weighted by Gasteiger charge is 2.33. The zero-order valence-corrected chi connectivity index (χ0v) is 16.3. The lowest BCUT2D eigenvalue weighted by molar-refractivity contribution is -0.140. The summed E-state index contributed by atoms with van der Waals surface area (Å²) in [5.41, 5.74) is 1.83. The van der Waals surface area contributed by atoms with Gasteiger partial charge in [0.1, 0.15) is 10.9 Å². The molecule has 1 aromatic rings. The average molecular weight is 419 g/mol. The van der Waals surface area contributed by atoms with Crippen LogP contribution >= 0.6 is 47.2 Å². The first-order valence-electron chi connectivity index (χ1n) is 7.40. The molecule has 1 saturated heterocycles. The summed E-state index contributed by atoms with van der Waals surface area (Å²) in [6.45, 7) is 0.968. The number of halogens is 2. The summed E-state index contributed by atoms with van der Waals surface area (Å²) in [5.74, 6) is -0.469. The van der Waals surface area contributed by atoms with E-state index in [9.17, 15) is 9.59 Å². The molecule has 9 heteroatoms. The second-order valence-electron chi connectivity index (χ2n) is 5.12. The summed E-state index contributed by atoms with van der Waals surface area (Å²) < 4.78 is 0.255. The van der Waals surface area contributed by atoms with Crippen molar-refractivity contribution in [2.45, 2.75) is 0 Å². The van der Waals surface area contributed by atoms with Crippen LogP contribution in [0.3, 0.4) is 0 Å². The van der Waals surface area contributed by atoms with E-state index in [4.69, 9.17) is 40.5 Å². The lowest BCUT2D eigenvalue weighted by Crippen LogP contribution is -2.33. The van der Waals surface area contributed by atoms with Gasteiger partial charge >= 0.3 is 5.97 Å². The standard InChI is InChI=1S/C16H16Cl2N2O3S2/c17-5-7-19(8-6-18)12-3-1-11(2-4-12)9-13-15(23)20(10-14(21)22)16(24)25-13/h1-4,9H,5-8,10H2,(H,21,22)/b13-9+. The SMILES string of the molecule is O=C(O)CN1C(=O)/C(=C\c2ccc(N(CCCl)CCCl)cc2)SC1=S. The summed E-state index contributed by atoms with van der Waals surface area (Å²) in [7, 11) is 0. The fourth-order valence-electron chi connectivity index (χ4n) is 2.28. The van der Waals surface area contributed by atoms with Crippen LogP contribution in [0.1, 0.15) is 5.56 Å². The zero-order chi connectivity index (χ0) is 18.4. The lowest BCUT2D eigenvalue weighted by Gasteiger charge is -2.22. The minimum absolute atomic E-state index is 0.255. The Labute approximate surface area is 165 Å². The van der Waals surface area contributed by atoms with Gasteiger partial charge in [0.15, 0.2) is 0 Å². The molecule has 1 amide bonds. The van der Waals surface area contributed by atoms with Gasteiger partial charge in [-0.3, -0.25) is 14.5 Å². The van der Waals surface area contributed by atoms with Gasteiger partial charge in [0.2, 0.25) is 0 Å². The number of thioether (sulfide) groups is 1. The van der Waals surface area contributed by atoms with E-state index in [0.717, 1.165) is 27.9 Å². The molecule has 0 aromatic heterocycles. The molecule has 1 heterocycles. The Balaban J connectivity index is 2.15. The Bertz CT molecular complexity index is 689. The second kappa shape index (κ2) is 9.43. The molecule has 0 bridgehead atoms. The van der Waals surface area contributed by atoms with Gasteiger partial charge in [-0.2, -0.15) is 0 Å². The van der Waals surface area contributed by atoms with Gasteiger partial charge in [-0.25, -0.2) is 0 Å². The van der Waals surface area contributed by atoms with Crippen molar-refractivity contribution in [2.75, 3.05) is 36.3 Å². The number of nitrogens with zero attached hydrogens (tertiary/aromatic N) is 2. The maximum absolute atomic E-state index is 12.2. The molecular weight excluding hydrogens is 403 g/mol. The molecule has 5 nitrogen and oxygen atoms in total. The number of carbonyl (C=O) groups is 2. The molecule has 0 spiro atoms. The predicted molar refractivity (Wildman–Crippen MR) is 108 cm³/mol. The lowest BCUT2D eigenvalue weighted by atomic mass is 10.1. The summed E-state index contributed by atoms with van der Waals surface area (Å²) >= 11 is 17.8. The van der Waals surface area contributed by atoms with Gasteiger partial charge in [-0.15, -0.1) is 23.2 Å². The molecule has 1 aliphatic rings. The quantitative estimate of drug-likeness (QED) is 0.397. The molecule has 1 aromatic carbocycles. The topological polar surface area (TPSA) is 60.9 Å². The molecule has 0 aliphatic carbocycles. The molecule has 0 saturated carbocycles. The number of alkyl halides is 2. The van der Waals surface area contributed by atoms with Gasteiger partial charge in [0, 0.05) is 30.5 Å². The summed E-state index contributed by atoms with van der Waals surface area (Å²) in [5, 5.41) is 8.85. The molecule has 1 N–H and O–H groups in total. The van der Waals surface area contributed by atoms with Crippen LogP contribution in [0, 0.1) is 0 Å². The van der Waals surface area contributed by atoms with Gasteiger partial charge in [-0.05, 0) is 23.8 Å². The first-order chi connectivity index (χ1) is 12.0. The highest BCUT2D eigenvalue weighted by atomic mass is 35.5. The number of anilines is 1. The zero-order valence-electron chi connectivity index (χ0n) is 13.2. The number of hydrogen-bond donors (Lipinski definition) is 1.